The second-order valence-corrected chi connectivity index (χ2v) is 28.9. The van der Waals surface area contributed by atoms with Crippen molar-refractivity contribution in [1.82, 2.24) is 0 Å². The third-order valence-corrected chi connectivity index (χ3v) is 12.5. The quantitative estimate of drug-likeness (QED) is 0.224. The zero-order chi connectivity index (χ0) is 28.3. The van der Waals surface area contributed by atoms with Gasteiger partial charge < -0.3 is 22.8 Å². The number of esters is 2. The topological polar surface area (TPSA) is 80.3 Å². The number of rotatable bonds is 7. The smallest absolute Gasteiger partial charge is 0.341 e. The molecule has 0 aromatic heterocycles. The number of methoxy groups -OCH3 is 1. The maximum atomic E-state index is 14.5. The van der Waals surface area contributed by atoms with Gasteiger partial charge in [-0.25, -0.2) is 4.79 Å². The summed E-state index contributed by atoms with van der Waals surface area (Å²) < 4.78 is 33.2. The summed E-state index contributed by atoms with van der Waals surface area (Å²) in [5.41, 5.74) is -1.36. The number of allylic oxidation sites excluding steroid dienone is 1. The van der Waals surface area contributed by atoms with Crippen LogP contribution in [0.1, 0.15) is 32.1 Å². The highest BCUT2D eigenvalue weighted by Gasteiger charge is 2.87. The van der Waals surface area contributed by atoms with Gasteiger partial charge in [0.15, 0.2) is 30.6 Å². The van der Waals surface area contributed by atoms with Gasteiger partial charge in [0.1, 0.15) is 11.7 Å². The highest BCUT2D eigenvalue weighted by molar-refractivity contribution is 6.71. The van der Waals surface area contributed by atoms with Gasteiger partial charge in [0.2, 0.25) is 0 Å². The van der Waals surface area contributed by atoms with Crippen molar-refractivity contribution in [3.8, 4) is 0 Å². The summed E-state index contributed by atoms with van der Waals surface area (Å²) >= 11 is 0. The van der Waals surface area contributed by atoms with Crippen LogP contribution < -0.4 is 0 Å². The van der Waals surface area contributed by atoms with Gasteiger partial charge in [0, 0.05) is 12.3 Å². The minimum atomic E-state index is -2.36. The third-order valence-electron chi connectivity index (χ3n) is 9.59. The van der Waals surface area contributed by atoms with Crippen molar-refractivity contribution in [2.75, 3.05) is 7.11 Å². The van der Waals surface area contributed by atoms with Gasteiger partial charge in [-0.2, -0.15) is 0 Å². The van der Waals surface area contributed by atoms with Gasteiger partial charge in [-0.1, -0.05) is 12.2 Å². The molecule has 1 aliphatic heterocycles. The molecule has 214 valence electrons. The summed E-state index contributed by atoms with van der Waals surface area (Å²) in [5.74, 6) is -1.16. The molecule has 1 heterocycles. The zero-order valence-corrected chi connectivity index (χ0v) is 28.1. The summed E-state index contributed by atoms with van der Waals surface area (Å²) in [6.45, 7) is 23.7. The number of hydrogen-bond acceptors (Lipinski definition) is 7. The van der Waals surface area contributed by atoms with E-state index in [1.165, 1.54) is 12.7 Å². The zero-order valence-electron chi connectivity index (χ0n) is 25.1. The van der Waals surface area contributed by atoms with Crippen molar-refractivity contribution in [1.29, 1.82) is 0 Å². The van der Waals surface area contributed by atoms with Gasteiger partial charge in [-0.3, -0.25) is 4.79 Å². The highest BCUT2D eigenvalue weighted by atomic mass is 28.4. The van der Waals surface area contributed by atoms with Crippen LogP contribution >= 0.6 is 0 Å². The third kappa shape index (κ3) is 4.10. The molecule has 4 saturated carbocycles. The van der Waals surface area contributed by atoms with E-state index in [0.29, 0.717) is 12.3 Å². The van der Waals surface area contributed by atoms with Crippen molar-refractivity contribution in [3.05, 3.63) is 12.2 Å². The normalized spacial score (nSPS) is 44.1. The highest BCUT2D eigenvalue weighted by Crippen LogP contribution is 2.77. The Balaban J connectivity index is 1.79. The van der Waals surface area contributed by atoms with Gasteiger partial charge in [0.25, 0.3) is 0 Å². The molecule has 0 aromatic rings. The van der Waals surface area contributed by atoms with Gasteiger partial charge in [0.05, 0.1) is 25.0 Å². The molecule has 0 radical (unpaired) electrons. The average molecular weight is 581 g/mol. The number of ether oxygens (including phenoxy) is 2. The maximum Gasteiger partial charge on any atom is 0.341 e. The molecule has 0 N–H and O–H groups in total. The second kappa shape index (κ2) is 8.61. The molecule has 4 aliphatic carbocycles. The monoisotopic (exact) mass is 580 g/mol. The van der Waals surface area contributed by atoms with Crippen LogP contribution in [0.2, 0.25) is 58.9 Å². The molecule has 38 heavy (non-hydrogen) atoms. The first-order valence-corrected chi connectivity index (χ1v) is 24.6. The number of fused-ring (bicyclic) bond motifs is 1. The molecule has 1 saturated heterocycles. The van der Waals surface area contributed by atoms with E-state index in [1.54, 1.807) is 0 Å². The van der Waals surface area contributed by atoms with E-state index in [0.717, 1.165) is 25.7 Å². The predicted molar refractivity (Wildman–Crippen MR) is 153 cm³/mol. The van der Waals surface area contributed by atoms with Crippen molar-refractivity contribution in [3.63, 3.8) is 0 Å². The molecule has 7 nitrogen and oxygen atoms in total. The van der Waals surface area contributed by atoms with E-state index >= 15 is 0 Å². The summed E-state index contributed by atoms with van der Waals surface area (Å²) in [6, 6.07) is 0. The van der Waals surface area contributed by atoms with E-state index in [9.17, 15) is 9.59 Å². The van der Waals surface area contributed by atoms with Crippen LogP contribution in [-0.4, -0.2) is 67.4 Å². The fraction of sp³-hybridized carbons (Fsp3) is 0.857. The minimum absolute atomic E-state index is 0.0382. The van der Waals surface area contributed by atoms with Crippen LogP contribution in [0.5, 0.6) is 0 Å². The summed E-state index contributed by atoms with van der Waals surface area (Å²) in [7, 11) is -5.14. The SMILES string of the molecule is C=C1C[C@]23CC1CC[C@H]2[C@@]12C[C@@H](O[Si](C)(C)C)[C@H](O[Si](C)(C)C)C(O[Si](C)(C)C)(C(=O)O1)[C@H]2[C@@H]3C(=O)OC. The van der Waals surface area contributed by atoms with Gasteiger partial charge in [-0.15, -0.1) is 0 Å². The lowest BCUT2D eigenvalue weighted by Crippen LogP contribution is -2.70. The molecule has 9 atom stereocenters. The molecular weight excluding hydrogens is 533 g/mol. The predicted octanol–water partition coefficient (Wildman–Crippen LogP) is 5.50. The summed E-state index contributed by atoms with van der Waals surface area (Å²) in [4.78, 5) is 28.4. The van der Waals surface area contributed by atoms with E-state index < -0.39 is 54.1 Å². The van der Waals surface area contributed by atoms with Gasteiger partial charge >= 0.3 is 11.9 Å². The number of hydrogen-bond donors (Lipinski definition) is 0. The second-order valence-electron chi connectivity index (χ2n) is 15.6. The lowest BCUT2D eigenvalue weighted by molar-refractivity contribution is -0.180. The largest absolute Gasteiger partial charge is 0.469 e. The molecule has 0 aromatic carbocycles. The first kappa shape index (κ1) is 28.7. The van der Waals surface area contributed by atoms with Crippen LogP contribution in [0.4, 0.5) is 0 Å². The standard InChI is InChI=1S/C28H48O7Si3/c1-17-14-26-15-18(17)12-13-20(26)27-16-19(33-36(3,4)5)23(34-37(6,7)8)28(25(30)32-27,35-38(9,10)11)22(27)21(26)24(29)31-2/h18-23H,1,12-16H2,2-11H3/t18?,19-,20-,21-,22+,23+,26+,27-,28?/m1/s1. The van der Waals surface area contributed by atoms with E-state index in [2.05, 4.69) is 65.5 Å². The molecule has 5 aliphatic rings. The Hall–Kier alpha value is -0.789. The van der Waals surface area contributed by atoms with E-state index in [-0.39, 0.29) is 29.4 Å². The Kier molecular flexibility index (Phi) is 6.51. The molecule has 10 heteroatoms. The van der Waals surface area contributed by atoms with Crippen molar-refractivity contribution in [2.45, 2.75) is 114 Å². The van der Waals surface area contributed by atoms with Crippen LogP contribution in [-0.2, 0) is 32.3 Å². The van der Waals surface area contributed by atoms with Crippen molar-refractivity contribution in [2.24, 2.45) is 29.1 Å². The lowest BCUT2D eigenvalue weighted by atomic mass is 9.62. The maximum absolute atomic E-state index is 14.5. The van der Waals surface area contributed by atoms with Crippen LogP contribution in [0, 0.1) is 29.1 Å². The Morgan fingerprint density at radius 1 is 0.947 bits per heavy atom. The summed E-state index contributed by atoms with van der Waals surface area (Å²) in [5, 5.41) is 0. The Labute approximate surface area is 231 Å². The fourth-order valence-electron chi connectivity index (χ4n) is 9.18. The molecule has 5 rings (SSSR count). The van der Waals surface area contributed by atoms with Crippen molar-refractivity contribution >= 4 is 36.9 Å². The van der Waals surface area contributed by atoms with Crippen LogP contribution in [0.25, 0.3) is 0 Å². The minimum Gasteiger partial charge on any atom is -0.469 e. The van der Waals surface area contributed by atoms with Crippen molar-refractivity contribution < 1.29 is 32.3 Å². The molecular formula is C28H48O7Si3. The first-order chi connectivity index (χ1) is 17.3. The molecule has 1 spiro atoms. The number of carbonyl (C=O) groups excluding carboxylic acids is 2. The Morgan fingerprint density at radius 2 is 1.58 bits per heavy atom. The van der Waals surface area contributed by atoms with E-state index in [1.807, 2.05) is 0 Å². The van der Waals surface area contributed by atoms with Crippen LogP contribution in [0.3, 0.4) is 0 Å². The Bertz CT molecular complexity index is 1040. The molecule has 5 fully saturated rings. The molecule has 0 amide bonds. The first-order valence-electron chi connectivity index (χ1n) is 14.3. The van der Waals surface area contributed by atoms with Gasteiger partial charge in [-0.05, 0) is 95.9 Å². The van der Waals surface area contributed by atoms with Crippen LogP contribution in [0.15, 0.2) is 12.2 Å². The summed E-state index contributed by atoms with van der Waals surface area (Å²) in [6.07, 6.45) is 3.16. The molecule has 4 bridgehead atoms. The average Bonchev–Trinajstić information content (AvgIpc) is 3.20. The van der Waals surface area contributed by atoms with E-state index in [4.69, 9.17) is 22.8 Å². The lowest BCUT2D eigenvalue weighted by Gasteiger charge is -2.53. The number of carbonyl (C=O) groups is 2. The Morgan fingerprint density at radius 3 is 2.13 bits per heavy atom. The fourth-order valence-corrected chi connectivity index (χ4v) is 12.7. The molecule has 2 unspecified atom stereocenters.